The maximum Gasteiger partial charge on any atom is 0.141 e. The molecule has 14 heavy (non-hydrogen) atoms. The van der Waals surface area contributed by atoms with Crippen LogP contribution in [-0.4, -0.2) is 17.0 Å². The monoisotopic (exact) mass is 196 g/mol. The lowest BCUT2D eigenvalue weighted by Crippen LogP contribution is -2.44. The second kappa shape index (κ2) is 4.01. The zero-order chi connectivity index (χ0) is 10.0. The molecule has 0 aromatic rings. The van der Waals surface area contributed by atoms with E-state index in [0.717, 1.165) is 44.9 Å². The molecule has 1 N–H and O–H groups in total. The van der Waals surface area contributed by atoms with Gasteiger partial charge in [0.2, 0.25) is 0 Å². The van der Waals surface area contributed by atoms with Crippen molar-refractivity contribution in [2.75, 3.05) is 0 Å². The molecule has 1 spiro atoms. The predicted molar refractivity (Wildman–Crippen MR) is 55.0 cm³/mol. The Morgan fingerprint density at radius 1 is 1.07 bits per heavy atom. The van der Waals surface area contributed by atoms with Gasteiger partial charge in [-0.2, -0.15) is 0 Å². The Kier molecular flexibility index (Phi) is 2.91. The van der Waals surface area contributed by atoms with Gasteiger partial charge in [0.25, 0.3) is 0 Å². The van der Waals surface area contributed by atoms with Gasteiger partial charge in [-0.3, -0.25) is 4.79 Å². The van der Waals surface area contributed by atoms with Crippen LogP contribution in [0.1, 0.15) is 57.8 Å². The molecule has 2 fully saturated rings. The van der Waals surface area contributed by atoms with Gasteiger partial charge in [0.15, 0.2) is 0 Å². The number of hydrogen-bond acceptors (Lipinski definition) is 2. The largest absolute Gasteiger partial charge is 0.392 e. The number of aliphatic hydroxyl groups is 1. The topological polar surface area (TPSA) is 37.3 Å². The van der Waals surface area contributed by atoms with E-state index in [-0.39, 0.29) is 11.5 Å². The molecule has 0 bridgehead atoms. The molecule has 2 rings (SSSR count). The zero-order valence-corrected chi connectivity index (χ0v) is 8.80. The molecule has 1 unspecified atom stereocenters. The molecule has 0 amide bonds. The standard InChI is InChI=1S/C12H20O2/c13-10-6-2-1-4-8-12(10)9-5-3-7-11(12)14/h11,14H,1-9H2/t11-,12?/m0/s1. The summed E-state index contributed by atoms with van der Waals surface area (Å²) in [6, 6.07) is 0. The Morgan fingerprint density at radius 3 is 2.57 bits per heavy atom. The molecule has 0 aromatic heterocycles. The Bertz CT molecular complexity index is 224. The summed E-state index contributed by atoms with van der Waals surface area (Å²) in [5.41, 5.74) is -0.325. The van der Waals surface area contributed by atoms with Gasteiger partial charge in [-0.25, -0.2) is 0 Å². The number of ketones is 1. The van der Waals surface area contributed by atoms with Crippen molar-refractivity contribution in [2.24, 2.45) is 5.41 Å². The predicted octanol–water partition coefficient (Wildman–Crippen LogP) is 2.44. The highest BCUT2D eigenvalue weighted by Crippen LogP contribution is 2.44. The Morgan fingerprint density at radius 2 is 1.79 bits per heavy atom. The summed E-state index contributed by atoms with van der Waals surface area (Å²) in [5, 5.41) is 10.1. The first-order valence-corrected chi connectivity index (χ1v) is 5.97. The molecule has 0 heterocycles. The van der Waals surface area contributed by atoms with E-state index in [1.807, 2.05) is 0 Å². The highest BCUT2D eigenvalue weighted by molar-refractivity contribution is 5.85. The summed E-state index contributed by atoms with van der Waals surface area (Å²) in [7, 11) is 0. The summed E-state index contributed by atoms with van der Waals surface area (Å²) in [5.74, 6) is 0.349. The normalized spacial score (nSPS) is 39.8. The fourth-order valence-electron chi connectivity index (χ4n) is 3.13. The van der Waals surface area contributed by atoms with E-state index < -0.39 is 0 Å². The second-order valence-electron chi connectivity index (χ2n) is 4.90. The third kappa shape index (κ3) is 1.60. The molecule has 2 heteroatoms. The summed E-state index contributed by atoms with van der Waals surface area (Å²) >= 11 is 0. The quantitative estimate of drug-likeness (QED) is 0.646. The summed E-state index contributed by atoms with van der Waals surface area (Å²) in [4.78, 5) is 12.0. The van der Waals surface area contributed by atoms with E-state index in [2.05, 4.69) is 0 Å². The lowest BCUT2D eigenvalue weighted by molar-refractivity contribution is -0.139. The van der Waals surface area contributed by atoms with Crippen LogP contribution < -0.4 is 0 Å². The van der Waals surface area contributed by atoms with Crippen LogP contribution in [0, 0.1) is 5.41 Å². The van der Waals surface area contributed by atoms with E-state index in [9.17, 15) is 9.90 Å². The summed E-state index contributed by atoms with van der Waals surface area (Å²) in [6.45, 7) is 0. The van der Waals surface area contributed by atoms with E-state index >= 15 is 0 Å². The van der Waals surface area contributed by atoms with E-state index in [1.54, 1.807) is 0 Å². The van der Waals surface area contributed by atoms with Crippen molar-refractivity contribution in [3.05, 3.63) is 0 Å². The third-order valence-electron chi connectivity index (χ3n) is 4.07. The van der Waals surface area contributed by atoms with Crippen LogP contribution in [0.5, 0.6) is 0 Å². The van der Waals surface area contributed by atoms with Crippen LogP contribution in [0.4, 0.5) is 0 Å². The van der Waals surface area contributed by atoms with Gasteiger partial charge in [-0.05, 0) is 25.7 Å². The molecule has 80 valence electrons. The molecule has 2 atom stereocenters. The minimum absolute atomic E-state index is 0.325. The average molecular weight is 196 g/mol. The van der Waals surface area contributed by atoms with Crippen molar-refractivity contribution in [3.63, 3.8) is 0 Å². The SMILES string of the molecule is O=C1CCCCCC12CCCC[C@@H]2O. The number of aliphatic hydroxyl groups excluding tert-OH is 1. The fourth-order valence-corrected chi connectivity index (χ4v) is 3.13. The molecule has 2 nitrogen and oxygen atoms in total. The van der Waals surface area contributed by atoms with Gasteiger partial charge >= 0.3 is 0 Å². The lowest BCUT2D eigenvalue weighted by atomic mass is 9.66. The molecule has 2 aliphatic rings. The van der Waals surface area contributed by atoms with Crippen molar-refractivity contribution in [1.82, 2.24) is 0 Å². The Hall–Kier alpha value is -0.370. The average Bonchev–Trinajstić information content (AvgIpc) is 2.36. The van der Waals surface area contributed by atoms with Gasteiger partial charge in [0, 0.05) is 6.42 Å². The second-order valence-corrected chi connectivity index (χ2v) is 4.90. The van der Waals surface area contributed by atoms with Crippen LogP contribution in [-0.2, 0) is 4.79 Å². The molecule has 2 aliphatic carbocycles. The lowest BCUT2D eigenvalue weighted by Gasteiger charge is -2.39. The van der Waals surface area contributed by atoms with Crippen molar-refractivity contribution in [3.8, 4) is 0 Å². The summed E-state index contributed by atoms with van der Waals surface area (Å²) < 4.78 is 0. The number of hydrogen-bond donors (Lipinski definition) is 1. The van der Waals surface area contributed by atoms with Gasteiger partial charge in [0.05, 0.1) is 11.5 Å². The van der Waals surface area contributed by atoms with Crippen LogP contribution in [0.15, 0.2) is 0 Å². The molecule has 0 radical (unpaired) electrons. The number of Topliss-reactive ketones (excluding diaryl/α,β-unsaturated/α-hetero) is 1. The zero-order valence-electron chi connectivity index (χ0n) is 8.80. The first-order chi connectivity index (χ1) is 6.76. The number of carbonyl (C=O) groups is 1. The van der Waals surface area contributed by atoms with Crippen LogP contribution in [0.3, 0.4) is 0 Å². The van der Waals surface area contributed by atoms with Crippen LogP contribution in [0.2, 0.25) is 0 Å². The first kappa shape index (κ1) is 10.2. The van der Waals surface area contributed by atoms with Crippen molar-refractivity contribution in [1.29, 1.82) is 0 Å². The maximum absolute atomic E-state index is 12.0. The van der Waals surface area contributed by atoms with Crippen molar-refractivity contribution < 1.29 is 9.90 Å². The smallest absolute Gasteiger partial charge is 0.141 e. The van der Waals surface area contributed by atoms with E-state index in [0.29, 0.717) is 12.2 Å². The van der Waals surface area contributed by atoms with Gasteiger partial charge < -0.3 is 5.11 Å². The van der Waals surface area contributed by atoms with Crippen LogP contribution >= 0.6 is 0 Å². The molecule has 0 saturated heterocycles. The Labute approximate surface area is 85.7 Å². The van der Waals surface area contributed by atoms with Gasteiger partial charge in [-0.15, -0.1) is 0 Å². The molecule has 0 aliphatic heterocycles. The van der Waals surface area contributed by atoms with Gasteiger partial charge in [0.1, 0.15) is 5.78 Å². The van der Waals surface area contributed by atoms with Crippen molar-refractivity contribution >= 4 is 5.78 Å². The number of carbonyl (C=O) groups excluding carboxylic acids is 1. The first-order valence-electron chi connectivity index (χ1n) is 5.97. The van der Waals surface area contributed by atoms with Crippen LogP contribution in [0.25, 0.3) is 0 Å². The molecular weight excluding hydrogens is 176 g/mol. The maximum atomic E-state index is 12.0. The highest BCUT2D eigenvalue weighted by Gasteiger charge is 2.45. The molecular formula is C12H20O2. The minimum Gasteiger partial charge on any atom is -0.392 e. The molecule has 2 saturated carbocycles. The van der Waals surface area contributed by atoms with Crippen molar-refractivity contribution in [2.45, 2.75) is 63.9 Å². The Balaban J connectivity index is 2.19. The van der Waals surface area contributed by atoms with Gasteiger partial charge in [-0.1, -0.05) is 25.7 Å². The van der Waals surface area contributed by atoms with E-state index in [4.69, 9.17) is 0 Å². The fraction of sp³-hybridized carbons (Fsp3) is 0.917. The highest BCUT2D eigenvalue weighted by atomic mass is 16.3. The molecule has 0 aromatic carbocycles. The summed E-state index contributed by atoms with van der Waals surface area (Å²) in [6.07, 6.45) is 8.62. The minimum atomic E-state index is -0.346. The third-order valence-corrected chi connectivity index (χ3v) is 4.07. The van der Waals surface area contributed by atoms with E-state index in [1.165, 1.54) is 6.42 Å². The number of rotatable bonds is 0.